The van der Waals surface area contributed by atoms with Gasteiger partial charge in [-0.15, -0.1) is 0 Å². The number of allylic oxidation sites excluding steroid dienone is 4. The fourth-order valence-corrected chi connectivity index (χ4v) is 1.34. The van der Waals surface area contributed by atoms with E-state index in [2.05, 4.69) is 24.0 Å². The van der Waals surface area contributed by atoms with Crippen LogP contribution < -0.4 is 5.73 Å². The third kappa shape index (κ3) is 1.86. The molecule has 1 aliphatic carbocycles. The van der Waals surface area contributed by atoms with Crippen molar-refractivity contribution in [3.05, 3.63) is 48.1 Å². The molecule has 2 rings (SSSR count). The van der Waals surface area contributed by atoms with Crippen molar-refractivity contribution in [2.45, 2.75) is 6.42 Å². The highest BCUT2D eigenvalue weighted by molar-refractivity contribution is 5.77. The number of hydrogen-bond donors (Lipinski definition) is 1. The molecule has 0 radical (unpaired) electrons. The molecule has 0 saturated carbocycles. The van der Waals surface area contributed by atoms with Gasteiger partial charge < -0.3 is 5.73 Å². The van der Waals surface area contributed by atoms with Crippen molar-refractivity contribution in [3.8, 4) is 11.8 Å². The second kappa shape index (κ2) is 3.85. The number of anilines is 1. The molecular formula is C13H11N. The van der Waals surface area contributed by atoms with Crippen molar-refractivity contribution in [2.24, 2.45) is 0 Å². The Bertz CT molecular complexity index is 438. The zero-order valence-corrected chi connectivity index (χ0v) is 7.83. The lowest BCUT2D eigenvalue weighted by Crippen LogP contribution is -1.85. The molecule has 1 aliphatic rings. The van der Waals surface area contributed by atoms with E-state index in [0.717, 1.165) is 23.2 Å². The second-order valence-corrected chi connectivity index (χ2v) is 3.15. The summed E-state index contributed by atoms with van der Waals surface area (Å²) in [7, 11) is 0. The fraction of sp³-hybridized carbons (Fsp3) is 0.0769. The van der Waals surface area contributed by atoms with Crippen LogP contribution in [-0.4, -0.2) is 0 Å². The van der Waals surface area contributed by atoms with Crippen LogP contribution in [0.2, 0.25) is 0 Å². The average molecular weight is 181 g/mol. The predicted octanol–water partition coefficient (Wildman–Crippen LogP) is 2.62. The smallest absolute Gasteiger partial charge is 0.0314 e. The van der Waals surface area contributed by atoms with Gasteiger partial charge in [-0.05, 0) is 29.3 Å². The normalized spacial score (nSPS) is 13.9. The van der Waals surface area contributed by atoms with Crippen molar-refractivity contribution < 1.29 is 0 Å². The minimum absolute atomic E-state index is 0.790. The van der Waals surface area contributed by atoms with Gasteiger partial charge in [-0.25, -0.2) is 0 Å². The topological polar surface area (TPSA) is 26.0 Å². The van der Waals surface area contributed by atoms with Gasteiger partial charge in [-0.3, -0.25) is 0 Å². The highest BCUT2D eigenvalue weighted by atomic mass is 14.5. The Morgan fingerprint density at radius 3 is 2.71 bits per heavy atom. The van der Waals surface area contributed by atoms with E-state index in [1.54, 1.807) is 0 Å². The zero-order chi connectivity index (χ0) is 9.80. The SMILES string of the molecule is Nc1ccc(C2=CC#CCC=C2)cc1. The van der Waals surface area contributed by atoms with E-state index in [1.165, 1.54) is 0 Å². The summed E-state index contributed by atoms with van der Waals surface area (Å²) in [6.45, 7) is 0. The summed E-state index contributed by atoms with van der Waals surface area (Å²) in [6.07, 6.45) is 6.92. The molecule has 1 aromatic rings. The molecule has 68 valence electrons. The Balaban J connectivity index is 2.36. The van der Waals surface area contributed by atoms with Gasteiger partial charge in [-0.1, -0.05) is 36.1 Å². The van der Waals surface area contributed by atoms with E-state index in [0.29, 0.717) is 0 Å². The van der Waals surface area contributed by atoms with E-state index >= 15 is 0 Å². The van der Waals surface area contributed by atoms with Gasteiger partial charge in [0.2, 0.25) is 0 Å². The minimum atomic E-state index is 0.790. The van der Waals surface area contributed by atoms with E-state index in [-0.39, 0.29) is 0 Å². The van der Waals surface area contributed by atoms with Gasteiger partial charge in [0.15, 0.2) is 0 Å². The summed E-state index contributed by atoms with van der Waals surface area (Å²) in [5.41, 5.74) is 8.72. The average Bonchev–Trinajstić information content (AvgIpc) is 2.47. The molecule has 0 fully saturated rings. The standard InChI is InChI=1S/C13H11N/c14-13-9-7-12(8-10-13)11-5-3-1-2-4-6-11/h3,5-10H,1,14H2. The summed E-state index contributed by atoms with van der Waals surface area (Å²) in [6, 6.07) is 7.84. The second-order valence-electron chi connectivity index (χ2n) is 3.15. The molecule has 14 heavy (non-hydrogen) atoms. The predicted molar refractivity (Wildman–Crippen MR) is 60.4 cm³/mol. The molecule has 1 aromatic carbocycles. The first kappa shape index (κ1) is 8.65. The van der Waals surface area contributed by atoms with Crippen LogP contribution in [0.5, 0.6) is 0 Å². The summed E-state index contributed by atoms with van der Waals surface area (Å²) < 4.78 is 0. The molecule has 0 aliphatic heterocycles. The number of rotatable bonds is 1. The highest BCUT2D eigenvalue weighted by Crippen LogP contribution is 2.18. The van der Waals surface area contributed by atoms with Crippen molar-refractivity contribution >= 4 is 11.3 Å². The largest absolute Gasteiger partial charge is 0.399 e. The molecule has 0 unspecified atom stereocenters. The van der Waals surface area contributed by atoms with E-state index in [1.807, 2.05) is 30.3 Å². The number of benzene rings is 1. The van der Waals surface area contributed by atoms with Crippen LogP contribution >= 0.6 is 0 Å². The Labute approximate surface area is 83.9 Å². The van der Waals surface area contributed by atoms with Crippen LogP contribution in [0, 0.1) is 11.8 Å². The van der Waals surface area contributed by atoms with Crippen molar-refractivity contribution in [1.29, 1.82) is 0 Å². The van der Waals surface area contributed by atoms with Crippen LogP contribution in [0.25, 0.3) is 5.57 Å². The summed E-state index contributed by atoms with van der Waals surface area (Å²) >= 11 is 0. The van der Waals surface area contributed by atoms with E-state index < -0.39 is 0 Å². The third-order valence-corrected chi connectivity index (χ3v) is 2.09. The summed E-state index contributed by atoms with van der Waals surface area (Å²) in [5.74, 6) is 6.03. The number of nitrogens with two attached hydrogens (primary N) is 1. The lowest BCUT2D eigenvalue weighted by Gasteiger charge is -2.00. The maximum absolute atomic E-state index is 5.62. The third-order valence-electron chi connectivity index (χ3n) is 2.09. The Morgan fingerprint density at radius 2 is 1.93 bits per heavy atom. The van der Waals surface area contributed by atoms with Gasteiger partial charge in [0.1, 0.15) is 0 Å². The quantitative estimate of drug-likeness (QED) is 0.523. The summed E-state index contributed by atoms with van der Waals surface area (Å²) in [5, 5.41) is 0. The zero-order valence-electron chi connectivity index (χ0n) is 7.83. The number of hydrogen-bond acceptors (Lipinski definition) is 1. The molecular weight excluding hydrogens is 170 g/mol. The molecule has 1 nitrogen and oxygen atoms in total. The van der Waals surface area contributed by atoms with Crippen LogP contribution in [0.15, 0.2) is 42.5 Å². The van der Waals surface area contributed by atoms with Gasteiger partial charge in [-0.2, -0.15) is 0 Å². The maximum Gasteiger partial charge on any atom is 0.0314 e. The Hall–Kier alpha value is -1.94. The van der Waals surface area contributed by atoms with Gasteiger partial charge in [0.25, 0.3) is 0 Å². The molecule has 0 bridgehead atoms. The monoisotopic (exact) mass is 181 g/mol. The Kier molecular flexibility index (Phi) is 2.38. The van der Waals surface area contributed by atoms with Crippen LogP contribution in [0.3, 0.4) is 0 Å². The summed E-state index contributed by atoms with van der Waals surface area (Å²) in [4.78, 5) is 0. The molecule has 0 saturated heterocycles. The molecule has 2 N–H and O–H groups in total. The van der Waals surface area contributed by atoms with Crippen LogP contribution in [0.4, 0.5) is 5.69 Å². The molecule has 0 heterocycles. The molecule has 0 aromatic heterocycles. The molecule has 0 amide bonds. The van der Waals surface area contributed by atoms with E-state index in [4.69, 9.17) is 5.73 Å². The van der Waals surface area contributed by atoms with Crippen molar-refractivity contribution in [2.75, 3.05) is 5.73 Å². The fourth-order valence-electron chi connectivity index (χ4n) is 1.34. The lowest BCUT2D eigenvalue weighted by atomic mass is 10.1. The molecule has 1 heteroatoms. The van der Waals surface area contributed by atoms with Gasteiger partial charge in [0, 0.05) is 12.1 Å². The highest BCUT2D eigenvalue weighted by Gasteiger charge is 1.97. The minimum Gasteiger partial charge on any atom is -0.399 e. The number of nitrogen functional groups attached to an aromatic ring is 1. The van der Waals surface area contributed by atoms with Gasteiger partial charge >= 0.3 is 0 Å². The Morgan fingerprint density at radius 1 is 1.14 bits per heavy atom. The molecule has 0 spiro atoms. The van der Waals surface area contributed by atoms with Crippen molar-refractivity contribution in [1.82, 2.24) is 0 Å². The maximum atomic E-state index is 5.62. The van der Waals surface area contributed by atoms with Crippen molar-refractivity contribution in [3.63, 3.8) is 0 Å². The lowest BCUT2D eigenvalue weighted by molar-refractivity contribution is 1.48. The first-order chi connectivity index (χ1) is 6.86. The first-order valence-electron chi connectivity index (χ1n) is 4.57. The van der Waals surface area contributed by atoms with Crippen LogP contribution in [-0.2, 0) is 0 Å². The van der Waals surface area contributed by atoms with Gasteiger partial charge in [0.05, 0.1) is 0 Å². The first-order valence-corrected chi connectivity index (χ1v) is 4.57. The van der Waals surface area contributed by atoms with Crippen LogP contribution in [0.1, 0.15) is 12.0 Å². The van der Waals surface area contributed by atoms with E-state index in [9.17, 15) is 0 Å². The molecule has 0 atom stereocenters.